The predicted octanol–water partition coefficient (Wildman–Crippen LogP) is 3.74. The number of amides is 1. The van der Waals surface area contributed by atoms with Crippen LogP contribution in [0.1, 0.15) is 9.67 Å². The molecular formula is C16H14N2O2S. The fraction of sp³-hybridized carbons (Fsp3) is 0.0625. The van der Waals surface area contributed by atoms with Gasteiger partial charge in [-0.2, -0.15) is 0 Å². The van der Waals surface area contributed by atoms with Gasteiger partial charge in [-0.3, -0.25) is 4.79 Å². The van der Waals surface area contributed by atoms with Crippen LogP contribution in [0.25, 0.3) is 10.1 Å². The van der Waals surface area contributed by atoms with E-state index < -0.39 is 0 Å². The molecule has 0 saturated heterocycles. The van der Waals surface area contributed by atoms with Crippen molar-refractivity contribution >= 4 is 38.7 Å². The Morgan fingerprint density at radius 2 is 1.90 bits per heavy atom. The number of methoxy groups -OCH3 is 1. The number of carbonyl (C=O) groups is 1. The minimum Gasteiger partial charge on any atom is -0.497 e. The molecule has 0 spiro atoms. The molecule has 0 unspecified atom stereocenters. The summed E-state index contributed by atoms with van der Waals surface area (Å²) in [4.78, 5) is 12.9. The molecule has 0 radical (unpaired) electrons. The smallest absolute Gasteiger partial charge is 0.265 e. The number of thiophene rings is 1. The van der Waals surface area contributed by atoms with Crippen molar-refractivity contribution in [2.24, 2.45) is 0 Å². The molecule has 0 atom stereocenters. The molecule has 21 heavy (non-hydrogen) atoms. The van der Waals surface area contributed by atoms with Crippen LogP contribution in [0, 0.1) is 0 Å². The van der Waals surface area contributed by atoms with Gasteiger partial charge in [0.2, 0.25) is 0 Å². The summed E-state index contributed by atoms with van der Waals surface area (Å²) in [6.07, 6.45) is 0. The number of hydrogen-bond donors (Lipinski definition) is 2. The maximum Gasteiger partial charge on any atom is 0.265 e. The minimum atomic E-state index is -0.125. The standard InChI is InChI=1S/C16H14N2O2S/c1-20-13-5-3-12(4-6-13)18-16(19)15-9-10-8-11(17)2-7-14(10)21-15/h2-9H,17H2,1H3,(H,18,19). The lowest BCUT2D eigenvalue weighted by molar-refractivity contribution is 0.103. The molecule has 0 aliphatic heterocycles. The molecule has 1 amide bonds. The van der Waals surface area contributed by atoms with E-state index in [4.69, 9.17) is 10.5 Å². The van der Waals surface area contributed by atoms with Crippen LogP contribution in [0.15, 0.2) is 48.5 Å². The molecule has 3 N–H and O–H groups in total. The molecule has 1 aromatic heterocycles. The largest absolute Gasteiger partial charge is 0.497 e. The van der Waals surface area contributed by atoms with Gasteiger partial charge in [-0.25, -0.2) is 0 Å². The zero-order valence-electron chi connectivity index (χ0n) is 11.4. The zero-order valence-corrected chi connectivity index (χ0v) is 12.2. The van der Waals surface area contributed by atoms with Crippen LogP contribution >= 0.6 is 11.3 Å². The monoisotopic (exact) mass is 298 g/mol. The van der Waals surface area contributed by atoms with Crippen LogP contribution < -0.4 is 15.8 Å². The van der Waals surface area contributed by atoms with E-state index in [0.29, 0.717) is 10.6 Å². The highest BCUT2D eigenvalue weighted by Crippen LogP contribution is 2.28. The van der Waals surface area contributed by atoms with Crippen molar-refractivity contribution in [1.29, 1.82) is 0 Å². The number of anilines is 2. The summed E-state index contributed by atoms with van der Waals surface area (Å²) in [5, 5.41) is 3.86. The quantitative estimate of drug-likeness (QED) is 0.724. The molecule has 0 fully saturated rings. The number of fused-ring (bicyclic) bond motifs is 1. The topological polar surface area (TPSA) is 64.3 Å². The average molecular weight is 298 g/mol. The maximum absolute atomic E-state index is 12.3. The van der Waals surface area contributed by atoms with Crippen LogP contribution in [0.3, 0.4) is 0 Å². The van der Waals surface area contributed by atoms with Gasteiger partial charge in [0.15, 0.2) is 0 Å². The van der Waals surface area contributed by atoms with Gasteiger partial charge in [0.25, 0.3) is 5.91 Å². The van der Waals surface area contributed by atoms with Gasteiger partial charge in [0.1, 0.15) is 5.75 Å². The lowest BCUT2D eigenvalue weighted by Crippen LogP contribution is -2.09. The number of nitrogens with one attached hydrogen (secondary N) is 1. The number of nitrogen functional groups attached to an aromatic ring is 1. The van der Waals surface area contributed by atoms with Crippen LogP contribution in [-0.2, 0) is 0 Å². The van der Waals surface area contributed by atoms with Crippen LogP contribution in [0.2, 0.25) is 0 Å². The summed E-state index contributed by atoms with van der Waals surface area (Å²) in [6.45, 7) is 0. The number of benzene rings is 2. The molecule has 5 heteroatoms. The SMILES string of the molecule is COc1ccc(NC(=O)c2cc3cc(N)ccc3s2)cc1. The van der Waals surface area contributed by atoms with Crippen molar-refractivity contribution in [1.82, 2.24) is 0 Å². The summed E-state index contributed by atoms with van der Waals surface area (Å²) in [7, 11) is 1.61. The lowest BCUT2D eigenvalue weighted by atomic mass is 10.2. The number of carbonyl (C=O) groups excluding carboxylic acids is 1. The van der Waals surface area contributed by atoms with Gasteiger partial charge >= 0.3 is 0 Å². The van der Waals surface area contributed by atoms with E-state index in [1.165, 1.54) is 11.3 Å². The third-order valence-electron chi connectivity index (χ3n) is 3.11. The second-order valence-electron chi connectivity index (χ2n) is 4.59. The van der Waals surface area contributed by atoms with Gasteiger partial charge < -0.3 is 15.8 Å². The Balaban J connectivity index is 1.82. The highest BCUT2D eigenvalue weighted by atomic mass is 32.1. The zero-order chi connectivity index (χ0) is 14.8. The van der Waals surface area contributed by atoms with E-state index in [1.54, 1.807) is 19.2 Å². The fourth-order valence-corrected chi connectivity index (χ4v) is 2.98. The van der Waals surface area contributed by atoms with Crippen molar-refractivity contribution in [3.63, 3.8) is 0 Å². The average Bonchev–Trinajstić information content (AvgIpc) is 2.91. The number of nitrogens with two attached hydrogens (primary N) is 1. The van der Waals surface area contributed by atoms with Crippen molar-refractivity contribution in [2.75, 3.05) is 18.2 Å². The lowest BCUT2D eigenvalue weighted by Gasteiger charge is -2.04. The Morgan fingerprint density at radius 1 is 1.14 bits per heavy atom. The highest BCUT2D eigenvalue weighted by Gasteiger charge is 2.10. The summed E-state index contributed by atoms with van der Waals surface area (Å²) in [5.74, 6) is 0.630. The highest BCUT2D eigenvalue weighted by molar-refractivity contribution is 7.20. The van der Waals surface area contributed by atoms with Gasteiger partial charge in [-0.1, -0.05) is 0 Å². The molecular weight excluding hydrogens is 284 g/mol. The van der Waals surface area contributed by atoms with Gasteiger partial charge in [0, 0.05) is 16.1 Å². The minimum absolute atomic E-state index is 0.125. The van der Waals surface area contributed by atoms with Gasteiger partial charge in [0.05, 0.1) is 12.0 Å². The molecule has 0 saturated carbocycles. The molecule has 0 aliphatic rings. The molecule has 2 aromatic carbocycles. The van der Waals surface area contributed by atoms with E-state index in [-0.39, 0.29) is 5.91 Å². The molecule has 0 aliphatic carbocycles. The number of hydrogen-bond acceptors (Lipinski definition) is 4. The van der Waals surface area contributed by atoms with Gasteiger partial charge in [-0.15, -0.1) is 11.3 Å². The van der Waals surface area contributed by atoms with E-state index >= 15 is 0 Å². The van der Waals surface area contributed by atoms with E-state index in [1.807, 2.05) is 36.4 Å². The predicted molar refractivity (Wildman–Crippen MR) is 87.2 cm³/mol. The van der Waals surface area contributed by atoms with Crippen molar-refractivity contribution < 1.29 is 9.53 Å². The van der Waals surface area contributed by atoms with Crippen molar-refractivity contribution in [2.45, 2.75) is 0 Å². The third-order valence-corrected chi connectivity index (χ3v) is 4.23. The Kier molecular flexibility index (Phi) is 3.50. The molecule has 1 heterocycles. The Hall–Kier alpha value is -2.53. The van der Waals surface area contributed by atoms with Gasteiger partial charge in [-0.05, 0) is 53.9 Å². The van der Waals surface area contributed by atoms with Crippen molar-refractivity contribution in [3.05, 3.63) is 53.4 Å². The molecule has 0 bridgehead atoms. The number of rotatable bonds is 3. The Morgan fingerprint density at radius 3 is 2.62 bits per heavy atom. The first-order chi connectivity index (χ1) is 10.2. The van der Waals surface area contributed by atoms with Crippen LogP contribution in [-0.4, -0.2) is 13.0 Å². The molecule has 106 valence electrons. The fourth-order valence-electron chi connectivity index (χ4n) is 2.04. The summed E-state index contributed by atoms with van der Waals surface area (Å²) in [5.41, 5.74) is 7.18. The summed E-state index contributed by atoms with van der Waals surface area (Å²) >= 11 is 1.45. The van der Waals surface area contributed by atoms with E-state index in [2.05, 4.69) is 5.32 Å². The first kappa shape index (κ1) is 13.5. The Bertz CT molecular complexity index is 794. The molecule has 3 aromatic rings. The number of ether oxygens (including phenoxy) is 1. The molecule has 3 rings (SSSR count). The second-order valence-corrected chi connectivity index (χ2v) is 5.67. The Labute approximate surface area is 126 Å². The summed E-state index contributed by atoms with van der Waals surface area (Å²) in [6, 6.07) is 14.7. The van der Waals surface area contributed by atoms with Crippen LogP contribution in [0.4, 0.5) is 11.4 Å². The normalized spacial score (nSPS) is 10.5. The van der Waals surface area contributed by atoms with Crippen LogP contribution in [0.5, 0.6) is 5.75 Å². The van der Waals surface area contributed by atoms with E-state index in [9.17, 15) is 4.79 Å². The van der Waals surface area contributed by atoms with Crippen molar-refractivity contribution in [3.8, 4) is 5.75 Å². The first-order valence-electron chi connectivity index (χ1n) is 6.40. The second kappa shape index (κ2) is 5.46. The third kappa shape index (κ3) is 2.83. The molecule has 4 nitrogen and oxygen atoms in total. The summed E-state index contributed by atoms with van der Waals surface area (Å²) < 4.78 is 6.13. The maximum atomic E-state index is 12.3. The van der Waals surface area contributed by atoms with E-state index in [0.717, 1.165) is 21.5 Å². The first-order valence-corrected chi connectivity index (χ1v) is 7.22.